The molecule has 2 aromatic rings. The van der Waals surface area contributed by atoms with Gasteiger partial charge in [0.15, 0.2) is 5.16 Å². The van der Waals surface area contributed by atoms with Gasteiger partial charge in [0, 0.05) is 11.1 Å². The van der Waals surface area contributed by atoms with Gasteiger partial charge in [0.25, 0.3) is 5.56 Å². The lowest BCUT2D eigenvalue weighted by Crippen LogP contribution is -2.25. The zero-order valence-corrected chi connectivity index (χ0v) is 12.1. The Hall–Kier alpha value is -1.51. The second kappa shape index (κ2) is 5.64. The van der Waals surface area contributed by atoms with Gasteiger partial charge in [-0.2, -0.15) is 5.26 Å². The second-order valence-electron chi connectivity index (χ2n) is 4.27. The molecule has 0 fully saturated rings. The Balaban J connectivity index is 2.74. The fraction of sp³-hybridized carbons (Fsp3) is 0.308. The van der Waals surface area contributed by atoms with Gasteiger partial charge < -0.3 is 0 Å². The molecule has 0 aliphatic carbocycles. The smallest absolute Gasteiger partial charge is 0.262 e. The van der Waals surface area contributed by atoms with Crippen molar-refractivity contribution >= 4 is 34.3 Å². The average Bonchev–Trinajstić information content (AvgIpc) is 2.35. The van der Waals surface area contributed by atoms with Crippen molar-refractivity contribution in [3.8, 4) is 6.07 Å². The highest BCUT2D eigenvalue weighted by Crippen LogP contribution is 2.22. The Kier molecular flexibility index (Phi) is 4.13. The molecule has 0 unspecified atom stereocenters. The first-order valence-corrected chi connectivity index (χ1v) is 7.12. The van der Waals surface area contributed by atoms with Crippen LogP contribution in [0.4, 0.5) is 0 Å². The highest BCUT2D eigenvalue weighted by molar-refractivity contribution is 7.99. The van der Waals surface area contributed by atoms with Gasteiger partial charge in [-0.3, -0.25) is 9.36 Å². The van der Waals surface area contributed by atoms with Gasteiger partial charge in [0.05, 0.1) is 22.7 Å². The highest BCUT2D eigenvalue weighted by atomic mass is 35.5. The summed E-state index contributed by atoms with van der Waals surface area (Å²) in [4.78, 5) is 16.9. The van der Waals surface area contributed by atoms with E-state index >= 15 is 0 Å². The Bertz CT molecular complexity index is 718. The number of aromatic nitrogens is 2. The molecule has 0 aliphatic rings. The second-order valence-corrected chi connectivity index (χ2v) is 5.65. The van der Waals surface area contributed by atoms with Crippen LogP contribution in [-0.2, 0) is 0 Å². The lowest BCUT2D eigenvalue weighted by Gasteiger charge is -2.15. The normalized spacial score (nSPS) is 10.9. The molecule has 0 saturated heterocycles. The SMILES string of the molecule is CC(C)n1c(SCC#N)nc2cc(Cl)ccc2c1=O. The van der Waals surface area contributed by atoms with Crippen molar-refractivity contribution in [1.82, 2.24) is 9.55 Å². The van der Waals surface area contributed by atoms with E-state index < -0.39 is 0 Å². The number of hydrogen-bond donors (Lipinski definition) is 0. The first-order chi connectivity index (χ1) is 9.04. The minimum absolute atomic E-state index is 0.0127. The Morgan fingerprint density at radius 2 is 2.26 bits per heavy atom. The van der Waals surface area contributed by atoms with E-state index in [1.807, 2.05) is 19.9 Å². The maximum absolute atomic E-state index is 12.4. The first kappa shape index (κ1) is 13.9. The number of thioether (sulfide) groups is 1. The molecule has 2 rings (SSSR count). The van der Waals surface area contributed by atoms with Crippen LogP contribution >= 0.6 is 23.4 Å². The van der Waals surface area contributed by atoms with Gasteiger partial charge in [-0.1, -0.05) is 23.4 Å². The quantitative estimate of drug-likeness (QED) is 0.644. The summed E-state index contributed by atoms with van der Waals surface area (Å²) < 4.78 is 1.61. The monoisotopic (exact) mass is 293 g/mol. The molecule has 0 spiro atoms. The van der Waals surface area contributed by atoms with E-state index in [-0.39, 0.29) is 17.4 Å². The maximum atomic E-state index is 12.4. The molecule has 1 aromatic heterocycles. The Morgan fingerprint density at radius 1 is 1.53 bits per heavy atom. The predicted molar refractivity (Wildman–Crippen MR) is 77.7 cm³/mol. The molecule has 0 atom stereocenters. The maximum Gasteiger partial charge on any atom is 0.262 e. The van der Waals surface area contributed by atoms with Crippen molar-refractivity contribution in [3.05, 3.63) is 33.6 Å². The van der Waals surface area contributed by atoms with Gasteiger partial charge >= 0.3 is 0 Å². The molecule has 0 aliphatic heterocycles. The summed E-state index contributed by atoms with van der Waals surface area (Å²) in [5.74, 6) is 0.255. The van der Waals surface area contributed by atoms with E-state index in [2.05, 4.69) is 4.98 Å². The van der Waals surface area contributed by atoms with Gasteiger partial charge in [-0.05, 0) is 32.0 Å². The summed E-state index contributed by atoms with van der Waals surface area (Å²) in [6.45, 7) is 3.84. The van der Waals surface area contributed by atoms with Crippen LogP contribution in [0, 0.1) is 11.3 Å². The third kappa shape index (κ3) is 2.75. The van der Waals surface area contributed by atoms with E-state index in [1.54, 1.807) is 22.8 Å². The lowest BCUT2D eigenvalue weighted by molar-refractivity contribution is 0.519. The topological polar surface area (TPSA) is 58.7 Å². The van der Waals surface area contributed by atoms with Crippen molar-refractivity contribution in [1.29, 1.82) is 5.26 Å². The van der Waals surface area contributed by atoms with E-state index in [1.165, 1.54) is 11.8 Å². The van der Waals surface area contributed by atoms with E-state index in [4.69, 9.17) is 16.9 Å². The van der Waals surface area contributed by atoms with Crippen molar-refractivity contribution in [2.75, 3.05) is 5.75 Å². The third-order valence-corrected chi connectivity index (χ3v) is 3.67. The van der Waals surface area contributed by atoms with Crippen LogP contribution in [0.15, 0.2) is 28.2 Å². The fourth-order valence-corrected chi connectivity index (χ4v) is 2.76. The number of nitrogens with zero attached hydrogens (tertiary/aromatic N) is 3. The minimum atomic E-state index is -0.0999. The van der Waals surface area contributed by atoms with Crippen LogP contribution in [0.3, 0.4) is 0 Å². The molecule has 6 heteroatoms. The average molecular weight is 294 g/mol. The summed E-state index contributed by atoms with van der Waals surface area (Å²) in [6.07, 6.45) is 0. The third-order valence-electron chi connectivity index (χ3n) is 2.61. The summed E-state index contributed by atoms with van der Waals surface area (Å²) in [5.41, 5.74) is 0.465. The number of halogens is 1. The zero-order chi connectivity index (χ0) is 14.0. The molecule has 4 nitrogen and oxygen atoms in total. The molecule has 0 amide bonds. The molecule has 0 bridgehead atoms. The minimum Gasteiger partial charge on any atom is -0.285 e. The number of hydrogen-bond acceptors (Lipinski definition) is 4. The summed E-state index contributed by atoms with van der Waals surface area (Å²) in [7, 11) is 0. The lowest BCUT2D eigenvalue weighted by atomic mass is 10.2. The Labute approximate surface area is 120 Å². The van der Waals surface area contributed by atoms with Crippen LogP contribution < -0.4 is 5.56 Å². The predicted octanol–water partition coefficient (Wildman–Crippen LogP) is 3.25. The van der Waals surface area contributed by atoms with Crippen molar-refractivity contribution in [3.63, 3.8) is 0 Å². The fourth-order valence-electron chi connectivity index (χ4n) is 1.81. The first-order valence-electron chi connectivity index (χ1n) is 5.76. The van der Waals surface area contributed by atoms with Crippen molar-refractivity contribution < 1.29 is 0 Å². The molecule has 0 saturated carbocycles. The van der Waals surface area contributed by atoms with Crippen molar-refractivity contribution in [2.24, 2.45) is 0 Å². The molecular weight excluding hydrogens is 282 g/mol. The zero-order valence-electron chi connectivity index (χ0n) is 10.6. The number of benzene rings is 1. The van der Waals surface area contributed by atoms with E-state index in [0.717, 1.165) is 0 Å². The standard InChI is InChI=1S/C13H12ClN3OS/c1-8(2)17-12(18)10-4-3-9(14)7-11(10)16-13(17)19-6-5-15/h3-4,7-8H,6H2,1-2H3. The number of rotatable bonds is 3. The number of fused-ring (bicyclic) bond motifs is 1. The molecule has 98 valence electrons. The Morgan fingerprint density at radius 3 is 2.89 bits per heavy atom. The van der Waals surface area contributed by atoms with E-state index in [9.17, 15) is 4.79 Å². The van der Waals surface area contributed by atoms with Gasteiger partial charge in [0.2, 0.25) is 0 Å². The number of nitriles is 1. The molecule has 1 heterocycles. The summed E-state index contributed by atoms with van der Waals surface area (Å²) >= 11 is 7.18. The van der Waals surface area contributed by atoms with Gasteiger partial charge in [0.1, 0.15) is 0 Å². The van der Waals surface area contributed by atoms with Crippen LogP contribution in [0.2, 0.25) is 5.02 Å². The van der Waals surface area contributed by atoms with Gasteiger partial charge in [-0.15, -0.1) is 0 Å². The van der Waals surface area contributed by atoms with E-state index in [0.29, 0.717) is 21.1 Å². The van der Waals surface area contributed by atoms with Crippen LogP contribution in [-0.4, -0.2) is 15.3 Å². The van der Waals surface area contributed by atoms with Crippen LogP contribution in [0.5, 0.6) is 0 Å². The summed E-state index contributed by atoms with van der Waals surface area (Å²) in [5, 5.41) is 10.3. The highest BCUT2D eigenvalue weighted by Gasteiger charge is 2.13. The molecule has 0 N–H and O–H groups in total. The molecule has 1 aromatic carbocycles. The summed E-state index contributed by atoms with van der Waals surface area (Å²) in [6, 6.07) is 7.06. The van der Waals surface area contributed by atoms with Crippen LogP contribution in [0.1, 0.15) is 19.9 Å². The molecule has 0 radical (unpaired) electrons. The largest absolute Gasteiger partial charge is 0.285 e. The molecular formula is C13H12ClN3OS. The van der Waals surface area contributed by atoms with Crippen molar-refractivity contribution in [2.45, 2.75) is 25.0 Å². The van der Waals surface area contributed by atoms with Crippen LogP contribution in [0.25, 0.3) is 10.9 Å². The molecule has 19 heavy (non-hydrogen) atoms. The van der Waals surface area contributed by atoms with Gasteiger partial charge in [-0.25, -0.2) is 4.98 Å².